The van der Waals surface area contributed by atoms with Gasteiger partial charge in [0.2, 0.25) is 0 Å². The van der Waals surface area contributed by atoms with Crippen LogP contribution in [0.25, 0.3) is 0 Å². The fourth-order valence-corrected chi connectivity index (χ4v) is 3.68. The fraction of sp³-hybridized carbons (Fsp3) is 0.538. The molecule has 1 aliphatic rings. The van der Waals surface area contributed by atoms with Gasteiger partial charge in [-0.15, -0.1) is 0 Å². The molecule has 0 amide bonds. The molecule has 1 fully saturated rings. The first kappa shape index (κ1) is 15.9. The molecule has 7 heteroatoms. The van der Waals surface area contributed by atoms with Crippen LogP contribution in [0.2, 0.25) is 10.0 Å². The van der Waals surface area contributed by atoms with E-state index in [-0.39, 0.29) is 12.0 Å². The van der Waals surface area contributed by atoms with E-state index in [1.165, 1.54) is 7.11 Å². The lowest BCUT2D eigenvalue weighted by molar-refractivity contribution is -0.141. The van der Waals surface area contributed by atoms with Crippen molar-refractivity contribution in [2.75, 3.05) is 25.2 Å². The molecule has 20 heavy (non-hydrogen) atoms. The number of carbonyl (C=O) groups is 1. The van der Waals surface area contributed by atoms with E-state index < -0.39 is 0 Å². The van der Waals surface area contributed by atoms with Gasteiger partial charge in [-0.25, -0.2) is 0 Å². The third kappa shape index (κ3) is 4.25. The van der Waals surface area contributed by atoms with Gasteiger partial charge in [-0.05, 0) is 6.07 Å². The number of hydrogen-bond donors (Lipinski definition) is 0. The van der Waals surface area contributed by atoms with Crippen LogP contribution in [-0.4, -0.2) is 47.1 Å². The molecule has 1 aliphatic heterocycles. The standard InChI is InChI=1S/C13H16Cl2N2O2S/c1-19-13(18)5-10-8-20-3-2-17(10)7-12-11(15)4-9(14)6-16-12/h4,6,10H,2-3,5,7-8H2,1H3. The number of esters is 1. The van der Waals surface area contributed by atoms with Gasteiger partial charge in [0.05, 0.1) is 29.3 Å². The molecule has 0 aromatic carbocycles. The Morgan fingerprint density at radius 2 is 2.40 bits per heavy atom. The number of thioether (sulfide) groups is 1. The number of pyridine rings is 1. The van der Waals surface area contributed by atoms with Gasteiger partial charge in [0.1, 0.15) is 0 Å². The first-order valence-electron chi connectivity index (χ1n) is 6.28. The Morgan fingerprint density at radius 3 is 3.10 bits per heavy atom. The molecule has 0 N–H and O–H groups in total. The molecule has 2 heterocycles. The van der Waals surface area contributed by atoms with Crippen molar-refractivity contribution in [1.29, 1.82) is 0 Å². The summed E-state index contributed by atoms with van der Waals surface area (Å²) < 4.78 is 4.76. The highest BCUT2D eigenvalue weighted by Gasteiger charge is 2.26. The number of carbonyl (C=O) groups excluding carboxylic acids is 1. The van der Waals surface area contributed by atoms with Crippen LogP contribution in [-0.2, 0) is 16.1 Å². The normalized spacial score (nSPS) is 19.9. The van der Waals surface area contributed by atoms with E-state index in [4.69, 9.17) is 27.9 Å². The topological polar surface area (TPSA) is 42.4 Å². The third-order valence-corrected chi connectivity index (χ3v) is 4.84. The van der Waals surface area contributed by atoms with E-state index >= 15 is 0 Å². The van der Waals surface area contributed by atoms with Gasteiger partial charge in [-0.1, -0.05) is 23.2 Å². The van der Waals surface area contributed by atoms with Gasteiger partial charge in [0, 0.05) is 36.8 Å². The Hall–Kier alpha value is -0.490. The minimum Gasteiger partial charge on any atom is -0.469 e. The van der Waals surface area contributed by atoms with Crippen molar-refractivity contribution < 1.29 is 9.53 Å². The maximum absolute atomic E-state index is 11.5. The van der Waals surface area contributed by atoms with Gasteiger partial charge >= 0.3 is 5.97 Å². The second-order valence-electron chi connectivity index (χ2n) is 4.56. The summed E-state index contributed by atoms with van der Waals surface area (Å²) in [4.78, 5) is 18.0. The molecule has 0 saturated carbocycles. The Bertz CT molecular complexity index is 487. The number of aromatic nitrogens is 1. The molecule has 2 rings (SSSR count). The van der Waals surface area contributed by atoms with E-state index in [9.17, 15) is 4.79 Å². The van der Waals surface area contributed by atoms with Crippen molar-refractivity contribution in [3.63, 3.8) is 0 Å². The smallest absolute Gasteiger partial charge is 0.307 e. The second kappa shape index (κ2) is 7.50. The Morgan fingerprint density at radius 1 is 1.60 bits per heavy atom. The van der Waals surface area contributed by atoms with Crippen LogP contribution in [0.5, 0.6) is 0 Å². The molecular weight excluding hydrogens is 319 g/mol. The Kier molecular flexibility index (Phi) is 5.96. The summed E-state index contributed by atoms with van der Waals surface area (Å²) in [7, 11) is 1.42. The first-order chi connectivity index (χ1) is 9.60. The van der Waals surface area contributed by atoms with Gasteiger partial charge in [0.25, 0.3) is 0 Å². The molecule has 0 aliphatic carbocycles. The fourth-order valence-electron chi connectivity index (χ4n) is 2.11. The predicted octanol–water partition coefficient (Wildman–Crippen LogP) is 2.87. The van der Waals surface area contributed by atoms with E-state index in [0.29, 0.717) is 23.0 Å². The average Bonchev–Trinajstić information content (AvgIpc) is 2.43. The van der Waals surface area contributed by atoms with Crippen molar-refractivity contribution in [2.24, 2.45) is 0 Å². The summed E-state index contributed by atoms with van der Waals surface area (Å²) >= 11 is 13.9. The monoisotopic (exact) mass is 334 g/mol. The van der Waals surface area contributed by atoms with E-state index in [2.05, 4.69) is 9.88 Å². The van der Waals surface area contributed by atoms with Crippen LogP contribution in [0.4, 0.5) is 0 Å². The lowest BCUT2D eigenvalue weighted by Gasteiger charge is -2.34. The molecule has 1 saturated heterocycles. The maximum Gasteiger partial charge on any atom is 0.307 e. The van der Waals surface area contributed by atoms with Gasteiger partial charge in [0.15, 0.2) is 0 Å². The van der Waals surface area contributed by atoms with E-state index in [1.807, 2.05) is 11.8 Å². The van der Waals surface area contributed by atoms with Crippen molar-refractivity contribution in [2.45, 2.75) is 19.0 Å². The van der Waals surface area contributed by atoms with Gasteiger partial charge in [-0.2, -0.15) is 11.8 Å². The van der Waals surface area contributed by atoms with Crippen LogP contribution >= 0.6 is 35.0 Å². The summed E-state index contributed by atoms with van der Waals surface area (Å²) in [6, 6.07) is 1.86. The zero-order chi connectivity index (χ0) is 14.5. The van der Waals surface area contributed by atoms with Crippen LogP contribution < -0.4 is 0 Å². The minimum absolute atomic E-state index is 0.162. The predicted molar refractivity (Wildman–Crippen MR) is 82.4 cm³/mol. The number of ether oxygens (including phenoxy) is 1. The molecule has 4 nitrogen and oxygen atoms in total. The van der Waals surface area contributed by atoms with E-state index in [0.717, 1.165) is 23.7 Å². The molecule has 1 aromatic heterocycles. The summed E-state index contributed by atoms with van der Waals surface area (Å²) in [5.41, 5.74) is 0.790. The summed E-state index contributed by atoms with van der Waals surface area (Å²) in [5, 5.41) is 1.09. The van der Waals surface area contributed by atoms with Crippen molar-refractivity contribution in [3.05, 3.63) is 28.0 Å². The minimum atomic E-state index is -0.183. The maximum atomic E-state index is 11.5. The SMILES string of the molecule is COC(=O)CC1CSCCN1Cc1ncc(Cl)cc1Cl. The molecule has 1 aromatic rings. The van der Waals surface area contributed by atoms with Crippen molar-refractivity contribution >= 4 is 40.9 Å². The van der Waals surface area contributed by atoms with Crippen LogP contribution in [0, 0.1) is 0 Å². The van der Waals surface area contributed by atoms with Crippen molar-refractivity contribution in [3.8, 4) is 0 Å². The van der Waals surface area contributed by atoms with E-state index in [1.54, 1.807) is 12.3 Å². The number of methoxy groups -OCH3 is 1. The highest BCUT2D eigenvalue weighted by atomic mass is 35.5. The molecule has 0 spiro atoms. The Balaban J connectivity index is 2.06. The number of hydrogen-bond acceptors (Lipinski definition) is 5. The average molecular weight is 335 g/mol. The van der Waals surface area contributed by atoms with Crippen LogP contribution in [0.1, 0.15) is 12.1 Å². The summed E-state index contributed by atoms with van der Waals surface area (Å²) in [6.45, 7) is 1.53. The lowest BCUT2D eigenvalue weighted by atomic mass is 10.2. The second-order valence-corrected chi connectivity index (χ2v) is 6.55. The third-order valence-electron chi connectivity index (χ3n) is 3.22. The number of nitrogens with zero attached hydrogens (tertiary/aromatic N) is 2. The van der Waals surface area contributed by atoms with Crippen molar-refractivity contribution in [1.82, 2.24) is 9.88 Å². The van der Waals surface area contributed by atoms with Gasteiger partial charge < -0.3 is 4.74 Å². The molecule has 110 valence electrons. The number of rotatable bonds is 4. The summed E-state index contributed by atoms with van der Waals surface area (Å²) in [6.07, 6.45) is 1.99. The Labute approximate surface area is 132 Å². The quantitative estimate of drug-likeness (QED) is 0.792. The molecule has 1 atom stereocenters. The number of halogens is 2. The molecule has 1 unspecified atom stereocenters. The van der Waals surface area contributed by atoms with Crippen LogP contribution in [0.3, 0.4) is 0 Å². The molecule has 0 radical (unpaired) electrons. The zero-order valence-corrected chi connectivity index (χ0v) is 13.5. The molecular formula is C13H16Cl2N2O2S. The largest absolute Gasteiger partial charge is 0.469 e. The highest BCUT2D eigenvalue weighted by molar-refractivity contribution is 7.99. The summed E-state index contributed by atoms with van der Waals surface area (Å²) in [5.74, 6) is 1.78. The van der Waals surface area contributed by atoms with Crippen LogP contribution in [0.15, 0.2) is 12.3 Å². The highest BCUT2D eigenvalue weighted by Crippen LogP contribution is 2.24. The first-order valence-corrected chi connectivity index (χ1v) is 8.19. The lowest BCUT2D eigenvalue weighted by Crippen LogP contribution is -2.43. The molecule has 0 bridgehead atoms. The zero-order valence-electron chi connectivity index (χ0n) is 11.1. The van der Waals surface area contributed by atoms with Gasteiger partial charge in [-0.3, -0.25) is 14.7 Å².